The maximum absolute atomic E-state index is 11.7. The van der Waals surface area contributed by atoms with Gasteiger partial charge in [-0.1, -0.05) is 19.4 Å². The second-order valence-electron chi connectivity index (χ2n) is 3.80. The van der Waals surface area contributed by atoms with Crippen LogP contribution in [0.15, 0.2) is 21.6 Å². The molecule has 0 aliphatic rings. The summed E-state index contributed by atoms with van der Waals surface area (Å²) >= 11 is 0. The normalized spacial score (nSPS) is 12.0. The first-order valence-electron chi connectivity index (χ1n) is 6.12. The van der Waals surface area contributed by atoms with E-state index in [0.29, 0.717) is 18.4 Å². The molecule has 0 fully saturated rings. The molecule has 0 heterocycles. The lowest BCUT2D eigenvalue weighted by molar-refractivity contribution is -0.139. The van der Waals surface area contributed by atoms with E-state index in [-0.39, 0.29) is 13.2 Å². The highest BCUT2D eigenvalue weighted by Crippen LogP contribution is 2.08. The van der Waals surface area contributed by atoms with Crippen molar-refractivity contribution in [3.05, 3.63) is 11.6 Å². The zero-order valence-corrected chi connectivity index (χ0v) is 11.2. The third kappa shape index (κ3) is 7.82. The molecule has 0 aliphatic heterocycles. The van der Waals surface area contributed by atoms with E-state index in [1.807, 2.05) is 6.92 Å². The maximum atomic E-state index is 11.7. The van der Waals surface area contributed by atoms with Crippen LogP contribution in [0, 0.1) is 0 Å². The van der Waals surface area contributed by atoms with Crippen molar-refractivity contribution < 1.29 is 19.1 Å². The molecule has 0 aromatic carbocycles. The van der Waals surface area contributed by atoms with Gasteiger partial charge in [0.25, 0.3) is 0 Å². The summed E-state index contributed by atoms with van der Waals surface area (Å²) in [6.45, 7) is 3.89. The number of hydrogen-bond acceptors (Lipinski definition) is 6. The fourth-order valence-electron chi connectivity index (χ4n) is 1.42. The van der Waals surface area contributed by atoms with Crippen LogP contribution in [-0.4, -0.2) is 37.3 Å². The molecule has 6 heteroatoms. The minimum atomic E-state index is -0.529. The standard InChI is InChI=1S/C13H18N2O4/c1-3-5-11(4-2)13(18)19-8-12(15-10-17)6-7-14-9-16/h4,12H,3,5-8H2,1-2H3. The molecule has 6 nitrogen and oxygen atoms in total. The van der Waals surface area contributed by atoms with E-state index in [1.54, 1.807) is 13.0 Å². The van der Waals surface area contributed by atoms with Gasteiger partial charge >= 0.3 is 5.97 Å². The Morgan fingerprint density at radius 2 is 2.11 bits per heavy atom. The van der Waals surface area contributed by atoms with Gasteiger partial charge in [0.15, 0.2) is 0 Å². The third-order valence-corrected chi connectivity index (χ3v) is 2.41. The predicted octanol–water partition coefficient (Wildman–Crippen LogP) is 1.71. The van der Waals surface area contributed by atoms with Gasteiger partial charge in [-0.05, 0) is 19.8 Å². The summed E-state index contributed by atoms with van der Waals surface area (Å²) in [6.07, 6.45) is 6.34. The van der Waals surface area contributed by atoms with Gasteiger partial charge in [0.1, 0.15) is 6.61 Å². The van der Waals surface area contributed by atoms with E-state index >= 15 is 0 Å². The fourth-order valence-corrected chi connectivity index (χ4v) is 1.42. The zero-order chi connectivity index (χ0) is 14.5. The number of aliphatic imine (C=N–C) groups is 2. The van der Waals surface area contributed by atoms with Gasteiger partial charge in [-0.15, -0.1) is 0 Å². The summed E-state index contributed by atoms with van der Waals surface area (Å²) in [5, 5.41) is 0. The molecule has 0 N–H and O–H groups in total. The van der Waals surface area contributed by atoms with Crippen molar-refractivity contribution in [1.29, 1.82) is 0 Å². The summed E-state index contributed by atoms with van der Waals surface area (Å²) in [7, 11) is 0. The van der Waals surface area contributed by atoms with Gasteiger partial charge < -0.3 is 4.74 Å². The Hall–Kier alpha value is -2.03. The summed E-state index contributed by atoms with van der Waals surface area (Å²) in [4.78, 5) is 38.7. The zero-order valence-electron chi connectivity index (χ0n) is 11.2. The molecular weight excluding hydrogens is 248 g/mol. The van der Waals surface area contributed by atoms with Crippen LogP contribution in [0.2, 0.25) is 0 Å². The molecule has 0 radical (unpaired) electrons. The topological polar surface area (TPSA) is 85.2 Å². The molecule has 0 aliphatic carbocycles. The number of ether oxygens (including phenoxy) is 1. The Balaban J connectivity index is 4.34. The van der Waals surface area contributed by atoms with Crippen molar-refractivity contribution in [2.24, 2.45) is 9.98 Å². The number of hydrogen-bond donors (Lipinski definition) is 0. The summed E-state index contributed by atoms with van der Waals surface area (Å²) in [5.41, 5.74) is 0.599. The number of carbonyl (C=O) groups is 1. The largest absolute Gasteiger partial charge is 0.460 e. The number of rotatable bonds is 9. The molecular formula is C13H18N2O4. The smallest absolute Gasteiger partial charge is 0.333 e. The molecule has 0 saturated heterocycles. The second-order valence-corrected chi connectivity index (χ2v) is 3.80. The number of carbonyl (C=O) groups excluding carboxylic acids is 3. The minimum absolute atomic E-state index is 0.0243. The van der Waals surface area contributed by atoms with Crippen LogP contribution < -0.4 is 0 Å². The number of allylic oxidation sites excluding steroid dienone is 1. The summed E-state index contributed by atoms with van der Waals surface area (Å²) < 4.78 is 5.07. The SMILES string of the molecule is CC=C(CCC)C(=O)OCC(CCN=C=O)N=C=O. The van der Waals surface area contributed by atoms with Gasteiger partial charge in [0.2, 0.25) is 12.2 Å². The first-order valence-corrected chi connectivity index (χ1v) is 6.12. The highest BCUT2D eigenvalue weighted by atomic mass is 16.5. The predicted molar refractivity (Wildman–Crippen MR) is 69.1 cm³/mol. The molecule has 19 heavy (non-hydrogen) atoms. The van der Waals surface area contributed by atoms with E-state index in [0.717, 1.165) is 6.42 Å². The van der Waals surface area contributed by atoms with Crippen LogP contribution in [-0.2, 0) is 19.1 Å². The molecule has 0 amide bonds. The minimum Gasteiger partial charge on any atom is -0.460 e. The first kappa shape index (κ1) is 17.0. The summed E-state index contributed by atoms with van der Waals surface area (Å²) in [5.74, 6) is -0.408. The van der Waals surface area contributed by atoms with E-state index < -0.39 is 12.0 Å². The molecule has 0 aromatic rings. The van der Waals surface area contributed by atoms with Crippen molar-refractivity contribution in [3.63, 3.8) is 0 Å². The average molecular weight is 266 g/mol. The first-order chi connectivity index (χ1) is 9.19. The lowest BCUT2D eigenvalue weighted by Crippen LogP contribution is -2.19. The van der Waals surface area contributed by atoms with Crippen molar-refractivity contribution in [1.82, 2.24) is 0 Å². The molecule has 1 atom stereocenters. The van der Waals surface area contributed by atoms with Crippen molar-refractivity contribution in [2.45, 2.75) is 39.2 Å². The van der Waals surface area contributed by atoms with E-state index in [9.17, 15) is 14.4 Å². The third-order valence-electron chi connectivity index (χ3n) is 2.41. The van der Waals surface area contributed by atoms with Gasteiger partial charge in [-0.3, -0.25) is 0 Å². The molecule has 0 bridgehead atoms. The Morgan fingerprint density at radius 3 is 2.63 bits per heavy atom. The van der Waals surface area contributed by atoms with Crippen LogP contribution in [0.5, 0.6) is 0 Å². The highest BCUT2D eigenvalue weighted by Gasteiger charge is 2.13. The van der Waals surface area contributed by atoms with Crippen LogP contribution in [0.4, 0.5) is 0 Å². The lowest BCUT2D eigenvalue weighted by atomic mass is 10.1. The maximum Gasteiger partial charge on any atom is 0.333 e. The van der Waals surface area contributed by atoms with Crippen LogP contribution in [0.3, 0.4) is 0 Å². The average Bonchev–Trinajstić information content (AvgIpc) is 2.42. The summed E-state index contributed by atoms with van der Waals surface area (Å²) in [6, 6.07) is -0.529. The van der Waals surface area contributed by atoms with Gasteiger partial charge in [0.05, 0.1) is 12.6 Å². The van der Waals surface area contributed by atoms with Crippen LogP contribution in [0.25, 0.3) is 0 Å². The highest BCUT2D eigenvalue weighted by molar-refractivity contribution is 5.88. The monoisotopic (exact) mass is 266 g/mol. The number of isocyanates is 2. The Morgan fingerprint density at radius 1 is 1.37 bits per heavy atom. The van der Waals surface area contributed by atoms with Crippen LogP contribution in [0.1, 0.15) is 33.1 Å². The molecule has 104 valence electrons. The molecule has 0 rings (SSSR count). The molecule has 1 unspecified atom stereocenters. The Kier molecular flexibility index (Phi) is 9.90. The Labute approximate surface area is 112 Å². The van der Waals surface area contributed by atoms with E-state index in [1.165, 1.54) is 12.2 Å². The molecule has 0 spiro atoms. The van der Waals surface area contributed by atoms with Crippen LogP contribution >= 0.6 is 0 Å². The quantitative estimate of drug-likeness (QED) is 0.275. The number of esters is 1. The molecule has 0 saturated carbocycles. The van der Waals surface area contributed by atoms with Crippen molar-refractivity contribution >= 4 is 18.1 Å². The van der Waals surface area contributed by atoms with E-state index in [4.69, 9.17) is 4.74 Å². The van der Waals surface area contributed by atoms with Crippen molar-refractivity contribution in [2.75, 3.05) is 13.2 Å². The van der Waals surface area contributed by atoms with Gasteiger partial charge in [-0.25, -0.2) is 19.4 Å². The van der Waals surface area contributed by atoms with Crippen molar-refractivity contribution in [3.8, 4) is 0 Å². The van der Waals surface area contributed by atoms with Gasteiger partial charge in [-0.2, -0.15) is 4.99 Å². The van der Waals surface area contributed by atoms with Gasteiger partial charge in [0, 0.05) is 5.57 Å². The molecule has 0 aromatic heterocycles. The second kappa shape index (κ2) is 11.1. The Bertz CT molecular complexity index is 405. The number of nitrogens with zero attached hydrogens (tertiary/aromatic N) is 2. The lowest BCUT2D eigenvalue weighted by Gasteiger charge is -2.11. The van der Waals surface area contributed by atoms with E-state index in [2.05, 4.69) is 9.98 Å². The fraction of sp³-hybridized carbons (Fsp3) is 0.615.